The third kappa shape index (κ3) is 3.35. The third-order valence-corrected chi connectivity index (χ3v) is 3.71. The van der Waals surface area contributed by atoms with Gasteiger partial charge in [0.25, 0.3) is 0 Å². The van der Waals surface area contributed by atoms with E-state index in [2.05, 4.69) is 6.26 Å². The SMILES string of the molecule is COc1ccc(N)c(SCCSC)c1. The average Bonchev–Trinajstić information content (AvgIpc) is 2.21. The van der Waals surface area contributed by atoms with Crippen LogP contribution in [0.3, 0.4) is 0 Å². The van der Waals surface area contributed by atoms with E-state index in [1.165, 1.54) is 0 Å². The molecule has 0 saturated heterocycles. The fraction of sp³-hybridized carbons (Fsp3) is 0.400. The van der Waals surface area contributed by atoms with Crippen molar-refractivity contribution in [1.29, 1.82) is 0 Å². The highest BCUT2D eigenvalue weighted by Crippen LogP contribution is 2.29. The molecule has 4 heteroatoms. The lowest BCUT2D eigenvalue weighted by Crippen LogP contribution is -1.92. The number of anilines is 1. The van der Waals surface area contributed by atoms with Crippen LogP contribution in [0.2, 0.25) is 0 Å². The fourth-order valence-corrected chi connectivity index (χ4v) is 2.66. The Bertz CT molecular complexity index is 291. The number of nitrogen functional groups attached to an aromatic ring is 1. The fourth-order valence-electron chi connectivity index (χ4n) is 1.00. The van der Waals surface area contributed by atoms with Gasteiger partial charge in [-0.2, -0.15) is 11.8 Å². The summed E-state index contributed by atoms with van der Waals surface area (Å²) in [6.45, 7) is 0. The summed E-state index contributed by atoms with van der Waals surface area (Å²) in [6, 6.07) is 5.76. The van der Waals surface area contributed by atoms with Crippen LogP contribution >= 0.6 is 23.5 Å². The zero-order chi connectivity index (χ0) is 10.4. The van der Waals surface area contributed by atoms with Gasteiger partial charge >= 0.3 is 0 Å². The molecule has 0 saturated carbocycles. The van der Waals surface area contributed by atoms with E-state index < -0.39 is 0 Å². The quantitative estimate of drug-likeness (QED) is 0.478. The van der Waals surface area contributed by atoms with Gasteiger partial charge in [-0.05, 0) is 24.5 Å². The molecule has 78 valence electrons. The second-order valence-electron chi connectivity index (χ2n) is 2.75. The Morgan fingerprint density at radius 1 is 1.36 bits per heavy atom. The molecule has 0 spiro atoms. The van der Waals surface area contributed by atoms with Gasteiger partial charge in [-0.3, -0.25) is 0 Å². The normalized spacial score (nSPS) is 10.1. The molecular formula is C10H15NOS2. The summed E-state index contributed by atoms with van der Waals surface area (Å²) < 4.78 is 5.14. The number of thioether (sulfide) groups is 2. The van der Waals surface area contributed by atoms with Crippen molar-refractivity contribution >= 4 is 29.2 Å². The molecule has 0 radical (unpaired) electrons. The van der Waals surface area contributed by atoms with Gasteiger partial charge in [0.2, 0.25) is 0 Å². The van der Waals surface area contributed by atoms with Crippen LogP contribution in [0.5, 0.6) is 5.75 Å². The highest BCUT2D eigenvalue weighted by Gasteiger charge is 2.01. The van der Waals surface area contributed by atoms with Crippen molar-refractivity contribution in [2.24, 2.45) is 0 Å². The number of methoxy groups -OCH3 is 1. The first-order chi connectivity index (χ1) is 6.77. The minimum Gasteiger partial charge on any atom is -0.497 e. The number of hydrogen-bond donors (Lipinski definition) is 1. The summed E-state index contributed by atoms with van der Waals surface area (Å²) in [5.41, 5.74) is 6.67. The first-order valence-electron chi connectivity index (χ1n) is 4.33. The van der Waals surface area contributed by atoms with Crippen LogP contribution in [0.25, 0.3) is 0 Å². The molecule has 0 aliphatic heterocycles. The van der Waals surface area contributed by atoms with Gasteiger partial charge in [-0.1, -0.05) is 0 Å². The maximum atomic E-state index is 5.84. The number of benzene rings is 1. The largest absolute Gasteiger partial charge is 0.497 e. The van der Waals surface area contributed by atoms with E-state index in [0.717, 1.165) is 27.8 Å². The zero-order valence-corrected chi connectivity index (χ0v) is 10.1. The molecule has 0 atom stereocenters. The predicted molar refractivity (Wildman–Crippen MR) is 66.5 cm³/mol. The van der Waals surface area contributed by atoms with Crippen LogP contribution in [0.15, 0.2) is 23.1 Å². The molecule has 1 aromatic rings. The van der Waals surface area contributed by atoms with Crippen LogP contribution in [0.4, 0.5) is 5.69 Å². The maximum absolute atomic E-state index is 5.84. The van der Waals surface area contributed by atoms with Crippen LogP contribution in [-0.2, 0) is 0 Å². The minimum atomic E-state index is 0.830. The lowest BCUT2D eigenvalue weighted by atomic mass is 10.3. The van der Waals surface area contributed by atoms with E-state index in [1.54, 1.807) is 18.9 Å². The summed E-state index contributed by atoms with van der Waals surface area (Å²) in [7, 11) is 1.67. The molecule has 2 nitrogen and oxygen atoms in total. The Labute approximate surface area is 93.6 Å². The van der Waals surface area contributed by atoms with Gasteiger partial charge < -0.3 is 10.5 Å². The van der Waals surface area contributed by atoms with Crippen molar-refractivity contribution in [1.82, 2.24) is 0 Å². The van der Waals surface area contributed by atoms with Crippen molar-refractivity contribution in [3.05, 3.63) is 18.2 Å². The van der Waals surface area contributed by atoms with Crippen molar-refractivity contribution in [3.8, 4) is 5.75 Å². The van der Waals surface area contributed by atoms with Crippen molar-refractivity contribution < 1.29 is 4.74 Å². The number of nitrogens with two attached hydrogens (primary N) is 1. The summed E-state index contributed by atoms with van der Waals surface area (Å²) in [4.78, 5) is 1.11. The first kappa shape index (κ1) is 11.6. The van der Waals surface area contributed by atoms with E-state index in [1.807, 2.05) is 30.0 Å². The Balaban J connectivity index is 2.64. The summed E-state index contributed by atoms with van der Waals surface area (Å²) in [5.74, 6) is 3.09. The molecule has 0 aliphatic rings. The number of rotatable bonds is 5. The minimum absolute atomic E-state index is 0.830. The molecule has 1 aromatic carbocycles. The third-order valence-electron chi connectivity index (χ3n) is 1.77. The van der Waals surface area contributed by atoms with Gasteiger partial charge in [-0.15, -0.1) is 11.8 Å². The van der Waals surface area contributed by atoms with Crippen LogP contribution < -0.4 is 10.5 Å². The smallest absolute Gasteiger partial charge is 0.120 e. The highest BCUT2D eigenvalue weighted by molar-refractivity contribution is 8.02. The monoisotopic (exact) mass is 229 g/mol. The van der Waals surface area contributed by atoms with Gasteiger partial charge in [0.05, 0.1) is 7.11 Å². The topological polar surface area (TPSA) is 35.2 Å². The molecule has 0 amide bonds. The number of hydrogen-bond acceptors (Lipinski definition) is 4. The van der Waals surface area contributed by atoms with Gasteiger partial charge in [-0.25, -0.2) is 0 Å². The standard InChI is InChI=1S/C10H15NOS2/c1-12-8-3-4-9(11)10(7-8)14-6-5-13-2/h3-4,7H,5-6,11H2,1-2H3. The highest BCUT2D eigenvalue weighted by atomic mass is 32.2. The van der Waals surface area contributed by atoms with E-state index in [4.69, 9.17) is 10.5 Å². The van der Waals surface area contributed by atoms with Crippen molar-refractivity contribution in [2.75, 3.05) is 30.6 Å². The van der Waals surface area contributed by atoms with Crippen LogP contribution in [0, 0.1) is 0 Å². The Morgan fingerprint density at radius 2 is 2.14 bits per heavy atom. The molecule has 0 aliphatic carbocycles. The summed E-state index contributed by atoms with van der Waals surface area (Å²) >= 11 is 3.62. The molecule has 0 bridgehead atoms. The second-order valence-corrected chi connectivity index (χ2v) is 4.87. The van der Waals surface area contributed by atoms with Crippen LogP contribution in [0.1, 0.15) is 0 Å². The molecular weight excluding hydrogens is 214 g/mol. The summed E-state index contributed by atoms with van der Waals surface area (Å²) in [6.07, 6.45) is 2.11. The summed E-state index contributed by atoms with van der Waals surface area (Å²) in [5, 5.41) is 0. The van der Waals surface area contributed by atoms with Crippen LogP contribution in [-0.4, -0.2) is 24.9 Å². The maximum Gasteiger partial charge on any atom is 0.120 e. The molecule has 0 unspecified atom stereocenters. The Morgan fingerprint density at radius 3 is 2.79 bits per heavy atom. The first-order valence-corrected chi connectivity index (χ1v) is 6.71. The molecule has 2 N–H and O–H groups in total. The molecule has 0 heterocycles. The molecule has 0 fully saturated rings. The molecule has 14 heavy (non-hydrogen) atoms. The van der Waals surface area contributed by atoms with Gasteiger partial charge in [0, 0.05) is 22.1 Å². The Kier molecular flexibility index (Phi) is 5.04. The van der Waals surface area contributed by atoms with E-state index in [9.17, 15) is 0 Å². The van der Waals surface area contributed by atoms with Crippen molar-refractivity contribution in [2.45, 2.75) is 4.90 Å². The Hall–Kier alpha value is -0.480. The lowest BCUT2D eigenvalue weighted by molar-refractivity contribution is 0.414. The average molecular weight is 229 g/mol. The number of ether oxygens (including phenoxy) is 1. The van der Waals surface area contributed by atoms with Gasteiger partial charge in [0.1, 0.15) is 5.75 Å². The predicted octanol–water partition coefficient (Wildman–Crippen LogP) is 2.73. The van der Waals surface area contributed by atoms with E-state index in [0.29, 0.717) is 0 Å². The molecule has 0 aromatic heterocycles. The van der Waals surface area contributed by atoms with Crippen molar-refractivity contribution in [3.63, 3.8) is 0 Å². The van der Waals surface area contributed by atoms with E-state index >= 15 is 0 Å². The zero-order valence-electron chi connectivity index (χ0n) is 8.45. The van der Waals surface area contributed by atoms with E-state index in [-0.39, 0.29) is 0 Å². The van der Waals surface area contributed by atoms with Gasteiger partial charge in [0.15, 0.2) is 0 Å². The second kappa shape index (κ2) is 6.09. The lowest BCUT2D eigenvalue weighted by Gasteiger charge is -2.07. The molecule has 1 rings (SSSR count).